The minimum Gasteiger partial charge on any atom is -0.325 e. The lowest BCUT2D eigenvalue weighted by molar-refractivity contribution is -0.116. The van der Waals surface area contributed by atoms with Gasteiger partial charge in [-0.3, -0.25) is 4.79 Å². The number of anilines is 1. The smallest absolute Gasteiger partial charge is 0.224 e. The van der Waals surface area contributed by atoms with Gasteiger partial charge in [0.15, 0.2) is 0 Å². The lowest BCUT2D eigenvalue weighted by Crippen LogP contribution is -2.11. The molecule has 0 bridgehead atoms. The number of rotatable bonds is 4. The molecule has 0 aromatic heterocycles. The molecule has 0 unspecified atom stereocenters. The van der Waals surface area contributed by atoms with Gasteiger partial charge in [0, 0.05) is 21.2 Å². The van der Waals surface area contributed by atoms with Crippen molar-refractivity contribution in [2.45, 2.75) is 12.8 Å². The van der Waals surface area contributed by atoms with E-state index in [1.54, 1.807) is 0 Å². The molecule has 0 atom stereocenters. The summed E-state index contributed by atoms with van der Waals surface area (Å²) in [5, 5.41) is 2.81. The van der Waals surface area contributed by atoms with Crippen molar-refractivity contribution in [2.24, 2.45) is 0 Å². The van der Waals surface area contributed by atoms with Gasteiger partial charge in [0.1, 0.15) is 0 Å². The third-order valence-electron chi connectivity index (χ3n) is 1.74. The van der Waals surface area contributed by atoms with E-state index < -0.39 is 0 Å². The molecule has 0 spiro atoms. The van der Waals surface area contributed by atoms with Crippen molar-refractivity contribution >= 4 is 55.1 Å². The van der Waals surface area contributed by atoms with Crippen LogP contribution in [0.2, 0.25) is 0 Å². The Labute approximate surface area is 111 Å². The molecule has 1 aromatic rings. The fourth-order valence-electron chi connectivity index (χ4n) is 1.03. The maximum Gasteiger partial charge on any atom is 0.224 e. The van der Waals surface area contributed by atoms with Gasteiger partial charge in [-0.2, -0.15) is 0 Å². The van der Waals surface area contributed by atoms with Crippen LogP contribution < -0.4 is 5.32 Å². The summed E-state index contributed by atoms with van der Waals surface area (Å²) in [7, 11) is 0. The number of hydrogen-bond acceptors (Lipinski definition) is 1. The maximum atomic E-state index is 11.4. The Morgan fingerprint density at radius 2 is 2.13 bits per heavy atom. The molecule has 1 N–H and O–H groups in total. The van der Waals surface area contributed by atoms with Crippen molar-refractivity contribution in [1.29, 1.82) is 0 Å². The van der Waals surface area contributed by atoms with Crippen LogP contribution in [-0.4, -0.2) is 11.8 Å². The van der Waals surface area contributed by atoms with E-state index >= 15 is 0 Å². The molecule has 1 rings (SSSR count). The second kappa shape index (κ2) is 6.51. The Balaban J connectivity index is 2.63. The maximum absolute atomic E-state index is 11.4. The predicted molar refractivity (Wildman–Crippen MR) is 70.4 cm³/mol. The van der Waals surface area contributed by atoms with E-state index in [0.29, 0.717) is 18.7 Å². The van der Waals surface area contributed by atoms with E-state index in [2.05, 4.69) is 37.2 Å². The molecule has 2 nitrogen and oxygen atoms in total. The van der Waals surface area contributed by atoms with Crippen LogP contribution in [0.4, 0.5) is 5.69 Å². The van der Waals surface area contributed by atoms with Gasteiger partial charge in [-0.1, -0.05) is 15.9 Å². The van der Waals surface area contributed by atoms with Crippen LogP contribution in [0.1, 0.15) is 12.8 Å². The van der Waals surface area contributed by atoms with Gasteiger partial charge in [0.05, 0.1) is 5.69 Å². The molecule has 0 radical (unpaired) electrons. The highest BCUT2D eigenvalue weighted by Gasteiger charge is 2.05. The topological polar surface area (TPSA) is 29.1 Å². The summed E-state index contributed by atoms with van der Waals surface area (Å²) in [6, 6.07) is 5.63. The second-order valence-corrected chi connectivity index (χ2v) is 5.11. The highest BCUT2D eigenvalue weighted by molar-refractivity contribution is 9.11. The van der Waals surface area contributed by atoms with Gasteiger partial charge in [0.25, 0.3) is 0 Å². The van der Waals surface area contributed by atoms with Crippen molar-refractivity contribution < 1.29 is 4.79 Å². The summed E-state index contributed by atoms with van der Waals surface area (Å²) in [6.45, 7) is 0. The van der Waals surface area contributed by atoms with Crippen molar-refractivity contribution in [3.8, 4) is 0 Å². The fraction of sp³-hybridized carbons (Fsp3) is 0.300. The van der Waals surface area contributed by atoms with Gasteiger partial charge >= 0.3 is 0 Å². The monoisotopic (exact) mass is 353 g/mol. The summed E-state index contributed by atoms with van der Waals surface area (Å²) < 4.78 is 1.79. The van der Waals surface area contributed by atoms with E-state index in [1.807, 2.05) is 18.2 Å². The van der Waals surface area contributed by atoms with Gasteiger partial charge in [-0.05, 0) is 40.5 Å². The van der Waals surface area contributed by atoms with Crippen LogP contribution in [-0.2, 0) is 4.79 Å². The summed E-state index contributed by atoms with van der Waals surface area (Å²) in [5.74, 6) is 0.488. The molecule has 82 valence electrons. The van der Waals surface area contributed by atoms with Crippen LogP contribution >= 0.6 is 43.5 Å². The fourth-order valence-corrected chi connectivity index (χ4v) is 1.87. The Morgan fingerprint density at radius 1 is 1.40 bits per heavy atom. The van der Waals surface area contributed by atoms with Gasteiger partial charge in [0.2, 0.25) is 5.91 Å². The molecular weight excluding hydrogens is 345 g/mol. The molecule has 0 heterocycles. The molecule has 0 aliphatic rings. The molecule has 0 saturated carbocycles. The molecule has 0 saturated heterocycles. The van der Waals surface area contributed by atoms with Crippen molar-refractivity contribution in [3.05, 3.63) is 27.1 Å². The van der Waals surface area contributed by atoms with Crippen LogP contribution in [0.3, 0.4) is 0 Å². The Morgan fingerprint density at radius 3 is 2.80 bits per heavy atom. The summed E-state index contributed by atoms with van der Waals surface area (Å²) in [5.41, 5.74) is 0.768. The Hall–Kier alpha value is -0.0600. The standard InChI is InChI=1S/C10H10Br2ClNO/c11-7-3-4-8(12)9(6-7)14-10(15)2-1-5-13/h3-4,6H,1-2,5H2,(H,14,15). The third-order valence-corrected chi connectivity index (χ3v) is 3.19. The first kappa shape index (κ1) is 13.0. The number of hydrogen-bond donors (Lipinski definition) is 1. The van der Waals surface area contributed by atoms with E-state index in [4.69, 9.17) is 11.6 Å². The Kier molecular flexibility index (Phi) is 5.64. The zero-order valence-electron chi connectivity index (χ0n) is 7.90. The van der Waals surface area contributed by atoms with Crippen molar-refractivity contribution in [2.75, 3.05) is 11.2 Å². The van der Waals surface area contributed by atoms with E-state index in [0.717, 1.165) is 14.6 Å². The largest absolute Gasteiger partial charge is 0.325 e. The van der Waals surface area contributed by atoms with Gasteiger partial charge in [-0.25, -0.2) is 0 Å². The van der Waals surface area contributed by atoms with Crippen LogP contribution in [0.25, 0.3) is 0 Å². The number of halogens is 3. The quantitative estimate of drug-likeness (QED) is 0.807. The zero-order valence-corrected chi connectivity index (χ0v) is 11.8. The van der Waals surface area contributed by atoms with Crippen molar-refractivity contribution in [3.63, 3.8) is 0 Å². The van der Waals surface area contributed by atoms with Crippen molar-refractivity contribution in [1.82, 2.24) is 0 Å². The molecular formula is C10H10Br2ClNO. The average Bonchev–Trinajstić information content (AvgIpc) is 2.20. The van der Waals surface area contributed by atoms with Crippen LogP contribution in [0.15, 0.2) is 27.1 Å². The molecule has 15 heavy (non-hydrogen) atoms. The van der Waals surface area contributed by atoms with E-state index in [9.17, 15) is 4.79 Å². The number of benzene rings is 1. The Bertz CT molecular complexity index is 357. The minimum atomic E-state index is -0.0190. The summed E-state index contributed by atoms with van der Waals surface area (Å²) >= 11 is 12.2. The average molecular weight is 355 g/mol. The van der Waals surface area contributed by atoms with Gasteiger partial charge in [-0.15, -0.1) is 11.6 Å². The third kappa shape index (κ3) is 4.53. The second-order valence-electron chi connectivity index (χ2n) is 2.96. The molecule has 0 fully saturated rings. The first-order valence-electron chi connectivity index (χ1n) is 4.44. The van der Waals surface area contributed by atoms with Gasteiger partial charge < -0.3 is 5.32 Å². The van der Waals surface area contributed by atoms with Crippen LogP contribution in [0.5, 0.6) is 0 Å². The number of nitrogens with one attached hydrogen (secondary N) is 1. The SMILES string of the molecule is O=C(CCCCl)Nc1cc(Br)ccc1Br. The first-order chi connectivity index (χ1) is 7.13. The summed E-state index contributed by atoms with van der Waals surface area (Å²) in [4.78, 5) is 11.4. The van der Waals surface area contributed by atoms with E-state index in [1.165, 1.54) is 0 Å². The van der Waals surface area contributed by atoms with Crippen LogP contribution in [0, 0.1) is 0 Å². The lowest BCUT2D eigenvalue weighted by atomic mass is 10.3. The molecule has 1 aromatic carbocycles. The number of carbonyl (C=O) groups excluding carboxylic acids is 1. The molecule has 0 aliphatic carbocycles. The number of amides is 1. The number of alkyl halides is 1. The zero-order chi connectivity index (χ0) is 11.3. The molecule has 0 aliphatic heterocycles. The molecule has 1 amide bonds. The predicted octanol–water partition coefficient (Wildman–Crippen LogP) is 4.17. The normalized spacial score (nSPS) is 10.1. The first-order valence-corrected chi connectivity index (χ1v) is 6.56. The highest BCUT2D eigenvalue weighted by atomic mass is 79.9. The summed E-state index contributed by atoms with van der Waals surface area (Å²) in [6.07, 6.45) is 1.14. The highest BCUT2D eigenvalue weighted by Crippen LogP contribution is 2.26. The number of carbonyl (C=O) groups is 1. The lowest BCUT2D eigenvalue weighted by Gasteiger charge is -2.07. The minimum absolute atomic E-state index is 0.0190. The van der Waals surface area contributed by atoms with E-state index in [-0.39, 0.29) is 5.91 Å². The molecule has 5 heteroatoms.